The molecule has 5 heteroatoms. The largest absolute Gasteiger partial charge is 0.395 e. The van der Waals surface area contributed by atoms with Crippen molar-refractivity contribution >= 4 is 17.7 Å². The fraction of sp³-hybridized carbons (Fsp3) is 0.350. The third-order valence-electron chi connectivity index (χ3n) is 4.78. The first-order valence-electron chi connectivity index (χ1n) is 8.47. The van der Waals surface area contributed by atoms with Gasteiger partial charge < -0.3 is 10.4 Å². The maximum atomic E-state index is 12.6. The lowest BCUT2D eigenvalue weighted by Crippen LogP contribution is -2.36. The highest BCUT2D eigenvalue weighted by Crippen LogP contribution is 2.24. The molecule has 0 aliphatic carbocycles. The number of thioether (sulfide) groups is 1. The minimum absolute atomic E-state index is 0.0560. The molecule has 2 N–H and O–H groups in total. The van der Waals surface area contributed by atoms with Crippen LogP contribution in [0, 0.1) is 0 Å². The Morgan fingerprint density at radius 2 is 2.00 bits per heavy atom. The van der Waals surface area contributed by atoms with Gasteiger partial charge in [0, 0.05) is 29.1 Å². The summed E-state index contributed by atoms with van der Waals surface area (Å²) >= 11 is 1.71. The normalized spacial score (nSPS) is 20.6. The van der Waals surface area contributed by atoms with Gasteiger partial charge in [0.25, 0.3) is 5.91 Å². The van der Waals surface area contributed by atoms with Gasteiger partial charge in [-0.2, -0.15) is 0 Å². The van der Waals surface area contributed by atoms with E-state index in [0.717, 1.165) is 24.1 Å². The molecule has 0 saturated carbocycles. The van der Waals surface area contributed by atoms with Gasteiger partial charge in [-0.1, -0.05) is 24.3 Å². The monoisotopic (exact) mass is 356 g/mol. The van der Waals surface area contributed by atoms with Gasteiger partial charge in [0.15, 0.2) is 0 Å². The Morgan fingerprint density at radius 1 is 1.24 bits per heavy atom. The molecule has 0 aromatic heterocycles. The topological polar surface area (TPSA) is 52.6 Å². The molecule has 1 saturated heterocycles. The van der Waals surface area contributed by atoms with E-state index in [1.807, 2.05) is 31.3 Å². The fourth-order valence-electron chi connectivity index (χ4n) is 3.29. The van der Waals surface area contributed by atoms with Crippen molar-refractivity contribution in [1.29, 1.82) is 0 Å². The first kappa shape index (κ1) is 18.0. The minimum Gasteiger partial charge on any atom is -0.395 e. The van der Waals surface area contributed by atoms with E-state index in [4.69, 9.17) is 0 Å². The van der Waals surface area contributed by atoms with Crippen molar-refractivity contribution in [2.45, 2.75) is 23.4 Å². The van der Waals surface area contributed by atoms with Gasteiger partial charge in [-0.3, -0.25) is 9.69 Å². The molecule has 4 nitrogen and oxygen atoms in total. The van der Waals surface area contributed by atoms with Gasteiger partial charge in [-0.15, -0.1) is 11.8 Å². The Bertz CT molecular complexity index is 733. The number of aliphatic hydroxyl groups is 1. The number of aliphatic hydroxyl groups excluding tert-OH is 1. The van der Waals surface area contributed by atoms with Crippen LogP contribution in [0.25, 0.3) is 11.1 Å². The molecule has 25 heavy (non-hydrogen) atoms. The van der Waals surface area contributed by atoms with E-state index in [0.29, 0.717) is 5.56 Å². The zero-order valence-corrected chi connectivity index (χ0v) is 15.4. The predicted octanol–water partition coefficient (Wildman–Crippen LogP) is 2.87. The summed E-state index contributed by atoms with van der Waals surface area (Å²) in [7, 11) is 1.98. The Kier molecular flexibility index (Phi) is 5.78. The molecule has 132 valence electrons. The van der Waals surface area contributed by atoms with Crippen LogP contribution in [0.1, 0.15) is 16.8 Å². The Balaban J connectivity index is 1.71. The second-order valence-electron chi connectivity index (χ2n) is 6.49. The van der Waals surface area contributed by atoms with E-state index >= 15 is 0 Å². The van der Waals surface area contributed by atoms with Gasteiger partial charge >= 0.3 is 0 Å². The Labute approximate surface area is 153 Å². The van der Waals surface area contributed by atoms with Crippen molar-refractivity contribution in [2.24, 2.45) is 0 Å². The predicted molar refractivity (Wildman–Crippen MR) is 103 cm³/mol. The molecule has 3 rings (SSSR count). The van der Waals surface area contributed by atoms with E-state index in [-0.39, 0.29) is 24.6 Å². The molecule has 1 aliphatic heterocycles. The number of carbonyl (C=O) groups is 1. The van der Waals surface area contributed by atoms with Crippen molar-refractivity contribution < 1.29 is 9.90 Å². The summed E-state index contributed by atoms with van der Waals surface area (Å²) in [6.45, 7) is 0.900. The fourth-order valence-corrected chi connectivity index (χ4v) is 3.70. The van der Waals surface area contributed by atoms with E-state index in [2.05, 4.69) is 40.7 Å². The summed E-state index contributed by atoms with van der Waals surface area (Å²) < 4.78 is 0. The van der Waals surface area contributed by atoms with Crippen LogP contribution in [0.2, 0.25) is 0 Å². The summed E-state index contributed by atoms with van der Waals surface area (Å²) in [5.41, 5.74) is 2.81. The summed E-state index contributed by atoms with van der Waals surface area (Å²) in [5, 5.41) is 12.4. The summed E-state index contributed by atoms with van der Waals surface area (Å²) in [5.74, 6) is -0.0560. The number of rotatable bonds is 5. The number of carbonyl (C=O) groups excluding carboxylic acids is 1. The van der Waals surface area contributed by atoms with Crippen LogP contribution < -0.4 is 5.32 Å². The highest BCUT2D eigenvalue weighted by molar-refractivity contribution is 7.98. The van der Waals surface area contributed by atoms with Gasteiger partial charge in [0.05, 0.1) is 6.61 Å². The number of amides is 1. The second kappa shape index (κ2) is 8.04. The smallest absolute Gasteiger partial charge is 0.251 e. The SMILES string of the molecule is CSc1ccc(-c2cccc(C(=O)N[C@@H]3C[C@@H](CO)N(C)C3)c2)cc1. The zero-order chi connectivity index (χ0) is 17.8. The minimum atomic E-state index is -0.0560. The van der Waals surface area contributed by atoms with Crippen LogP contribution >= 0.6 is 11.8 Å². The highest BCUT2D eigenvalue weighted by atomic mass is 32.2. The molecule has 2 aromatic carbocycles. The van der Waals surface area contributed by atoms with Gasteiger partial charge in [-0.25, -0.2) is 0 Å². The average molecular weight is 356 g/mol. The first-order valence-corrected chi connectivity index (χ1v) is 9.69. The van der Waals surface area contributed by atoms with Crippen molar-refractivity contribution in [2.75, 3.05) is 26.5 Å². The zero-order valence-electron chi connectivity index (χ0n) is 14.6. The molecule has 0 bridgehead atoms. The molecule has 1 heterocycles. The van der Waals surface area contributed by atoms with Crippen molar-refractivity contribution in [3.05, 3.63) is 54.1 Å². The van der Waals surface area contributed by atoms with E-state index in [1.54, 1.807) is 11.8 Å². The Hall–Kier alpha value is -1.82. The lowest BCUT2D eigenvalue weighted by atomic mass is 10.0. The van der Waals surface area contributed by atoms with Gasteiger partial charge in [-0.05, 0) is 55.1 Å². The van der Waals surface area contributed by atoms with Gasteiger partial charge in [0.1, 0.15) is 0 Å². The van der Waals surface area contributed by atoms with Crippen LogP contribution in [0.4, 0.5) is 0 Å². The lowest BCUT2D eigenvalue weighted by molar-refractivity contribution is 0.0938. The van der Waals surface area contributed by atoms with Crippen molar-refractivity contribution in [3.8, 4) is 11.1 Å². The molecule has 2 aromatic rings. The van der Waals surface area contributed by atoms with E-state index < -0.39 is 0 Å². The van der Waals surface area contributed by atoms with Crippen molar-refractivity contribution in [3.63, 3.8) is 0 Å². The molecule has 1 amide bonds. The molecular weight excluding hydrogens is 332 g/mol. The number of likely N-dealkylation sites (tertiary alicyclic amines) is 1. The molecule has 0 radical (unpaired) electrons. The number of benzene rings is 2. The quantitative estimate of drug-likeness (QED) is 0.809. The van der Waals surface area contributed by atoms with Crippen LogP contribution in [0.5, 0.6) is 0 Å². The second-order valence-corrected chi connectivity index (χ2v) is 7.37. The van der Waals surface area contributed by atoms with Crippen LogP contribution in [0.15, 0.2) is 53.4 Å². The number of hydrogen-bond acceptors (Lipinski definition) is 4. The molecule has 1 fully saturated rings. The molecule has 0 spiro atoms. The summed E-state index contributed by atoms with van der Waals surface area (Å²) in [4.78, 5) is 15.9. The van der Waals surface area contributed by atoms with E-state index in [9.17, 15) is 9.90 Å². The lowest BCUT2D eigenvalue weighted by Gasteiger charge is -2.15. The standard InChI is InChI=1S/C20H24N2O2S/c1-22-12-17(11-18(22)13-23)21-20(24)16-5-3-4-15(10-16)14-6-8-19(25-2)9-7-14/h3-10,17-18,23H,11-13H2,1-2H3,(H,21,24)/t17-,18+/m1/s1. The van der Waals surface area contributed by atoms with Crippen molar-refractivity contribution in [1.82, 2.24) is 10.2 Å². The highest BCUT2D eigenvalue weighted by Gasteiger charge is 2.29. The maximum Gasteiger partial charge on any atom is 0.251 e. The number of hydrogen-bond donors (Lipinski definition) is 2. The van der Waals surface area contributed by atoms with Crippen LogP contribution in [-0.4, -0.2) is 54.5 Å². The number of likely N-dealkylation sites (N-methyl/N-ethyl adjacent to an activating group) is 1. The van der Waals surface area contributed by atoms with Crippen LogP contribution in [-0.2, 0) is 0 Å². The third kappa shape index (κ3) is 4.24. The average Bonchev–Trinajstić information content (AvgIpc) is 3.01. The summed E-state index contributed by atoms with van der Waals surface area (Å²) in [6, 6.07) is 16.3. The van der Waals surface area contributed by atoms with E-state index in [1.165, 1.54) is 4.90 Å². The van der Waals surface area contributed by atoms with Gasteiger partial charge in [0.2, 0.25) is 0 Å². The molecule has 1 aliphatic rings. The maximum absolute atomic E-state index is 12.6. The summed E-state index contributed by atoms with van der Waals surface area (Å²) in [6.07, 6.45) is 2.84. The molecule has 2 atom stereocenters. The number of nitrogens with one attached hydrogen (secondary N) is 1. The molecule has 0 unspecified atom stereocenters. The third-order valence-corrected chi connectivity index (χ3v) is 5.53. The number of nitrogens with zero attached hydrogens (tertiary/aromatic N) is 1. The van der Waals surface area contributed by atoms with Crippen LogP contribution in [0.3, 0.4) is 0 Å². The first-order chi connectivity index (χ1) is 12.1. The molecular formula is C20H24N2O2S. The Morgan fingerprint density at radius 3 is 2.64 bits per heavy atom.